The van der Waals surface area contributed by atoms with Crippen LogP contribution >= 0.6 is 0 Å². The lowest BCUT2D eigenvalue weighted by Crippen LogP contribution is -2.40. The molecule has 2 aliphatic rings. The Kier molecular flexibility index (Phi) is 6.48. The molecular weight excluding hydrogens is 312 g/mol. The highest BCUT2D eigenvalue weighted by molar-refractivity contribution is 5.81. The van der Waals surface area contributed by atoms with Crippen molar-refractivity contribution < 1.29 is 9.59 Å². The van der Waals surface area contributed by atoms with Crippen molar-refractivity contribution in [3.05, 3.63) is 35.9 Å². The highest BCUT2D eigenvalue weighted by atomic mass is 16.2. The van der Waals surface area contributed by atoms with E-state index in [4.69, 9.17) is 0 Å². The van der Waals surface area contributed by atoms with Crippen molar-refractivity contribution in [1.29, 1.82) is 0 Å². The van der Waals surface area contributed by atoms with E-state index >= 15 is 0 Å². The summed E-state index contributed by atoms with van der Waals surface area (Å²) in [5.41, 5.74) is 1.13. The molecule has 1 N–H and O–H groups in total. The molecule has 25 heavy (non-hydrogen) atoms. The second-order valence-corrected chi connectivity index (χ2v) is 7.49. The zero-order chi connectivity index (χ0) is 17.5. The zero-order valence-corrected chi connectivity index (χ0v) is 15.1. The summed E-state index contributed by atoms with van der Waals surface area (Å²) in [5, 5.41) is 3.05. The van der Waals surface area contributed by atoms with Gasteiger partial charge in [-0.1, -0.05) is 43.2 Å². The number of hydrogen-bond acceptors (Lipinski definition) is 2. The maximum absolute atomic E-state index is 12.7. The molecule has 0 spiro atoms. The number of nitrogens with zero attached hydrogens (tertiary/aromatic N) is 1. The van der Waals surface area contributed by atoms with Crippen LogP contribution in [0.2, 0.25) is 0 Å². The van der Waals surface area contributed by atoms with Crippen LogP contribution in [0.15, 0.2) is 30.3 Å². The van der Waals surface area contributed by atoms with Crippen LogP contribution in [-0.2, 0) is 16.1 Å². The fourth-order valence-corrected chi connectivity index (χ4v) is 4.08. The summed E-state index contributed by atoms with van der Waals surface area (Å²) in [7, 11) is 0. The second-order valence-electron chi connectivity index (χ2n) is 7.49. The summed E-state index contributed by atoms with van der Waals surface area (Å²) in [6.07, 6.45) is 8.18. The molecule has 1 aliphatic carbocycles. The summed E-state index contributed by atoms with van der Waals surface area (Å²) in [6, 6.07) is 10.0. The first-order chi connectivity index (χ1) is 12.2. The molecular formula is C21H30N2O2. The smallest absolute Gasteiger partial charge is 0.225 e. The van der Waals surface area contributed by atoms with Gasteiger partial charge in [0.1, 0.15) is 0 Å². The maximum Gasteiger partial charge on any atom is 0.225 e. The van der Waals surface area contributed by atoms with Gasteiger partial charge >= 0.3 is 0 Å². The lowest BCUT2D eigenvalue weighted by atomic mass is 9.81. The molecule has 4 nitrogen and oxygen atoms in total. The predicted octanol–water partition coefficient (Wildman–Crippen LogP) is 3.51. The molecule has 0 bridgehead atoms. The van der Waals surface area contributed by atoms with Crippen LogP contribution in [0.3, 0.4) is 0 Å². The van der Waals surface area contributed by atoms with Crippen molar-refractivity contribution in [3.63, 3.8) is 0 Å². The van der Waals surface area contributed by atoms with Gasteiger partial charge in [0.2, 0.25) is 11.8 Å². The van der Waals surface area contributed by atoms with Gasteiger partial charge < -0.3 is 10.2 Å². The molecule has 1 aromatic rings. The van der Waals surface area contributed by atoms with E-state index in [9.17, 15) is 9.59 Å². The molecule has 3 rings (SSSR count). The number of carbonyl (C=O) groups is 2. The van der Waals surface area contributed by atoms with Gasteiger partial charge in [-0.15, -0.1) is 0 Å². The van der Waals surface area contributed by atoms with Gasteiger partial charge in [-0.2, -0.15) is 0 Å². The van der Waals surface area contributed by atoms with Gasteiger partial charge in [0.25, 0.3) is 0 Å². The molecule has 2 amide bonds. The zero-order valence-electron chi connectivity index (χ0n) is 15.1. The van der Waals surface area contributed by atoms with Gasteiger partial charge in [-0.25, -0.2) is 0 Å². The summed E-state index contributed by atoms with van der Waals surface area (Å²) < 4.78 is 0. The molecule has 0 unspecified atom stereocenters. The first-order valence-corrected chi connectivity index (χ1v) is 9.84. The van der Waals surface area contributed by atoms with E-state index in [1.54, 1.807) is 0 Å². The highest BCUT2D eigenvalue weighted by Crippen LogP contribution is 2.31. The Bertz CT molecular complexity index is 557. The number of amides is 2. The normalized spacial score (nSPS) is 24.4. The van der Waals surface area contributed by atoms with Gasteiger partial charge in [0, 0.05) is 31.5 Å². The highest BCUT2D eigenvalue weighted by Gasteiger charge is 2.32. The minimum atomic E-state index is 0.0666. The molecule has 0 radical (unpaired) electrons. The van der Waals surface area contributed by atoms with E-state index in [1.165, 1.54) is 12.8 Å². The SMILES string of the molecule is O=C(NCc1ccccc1)C1CCC(C(=O)N2CCCCCC2)CC1. The van der Waals surface area contributed by atoms with Crippen molar-refractivity contribution in [3.8, 4) is 0 Å². The van der Waals surface area contributed by atoms with Gasteiger partial charge in [-0.05, 0) is 44.1 Å². The topological polar surface area (TPSA) is 49.4 Å². The van der Waals surface area contributed by atoms with Crippen LogP contribution in [0.5, 0.6) is 0 Å². The van der Waals surface area contributed by atoms with Crippen LogP contribution in [0, 0.1) is 11.8 Å². The standard InChI is InChI=1S/C21H30N2O2/c24-20(22-16-17-8-4-3-5-9-17)18-10-12-19(13-11-18)21(25)23-14-6-1-2-7-15-23/h3-5,8-9,18-19H,1-2,6-7,10-16H2,(H,22,24). The third-order valence-electron chi connectivity index (χ3n) is 5.67. The Balaban J connectivity index is 1.43. The summed E-state index contributed by atoms with van der Waals surface area (Å²) in [4.78, 5) is 27.2. The van der Waals surface area contributed by atoms with Crippen molar-refractivity contribution in [2.75, 3.05) is 13.1 Å². The second kappa shape index (κ2) is 9.02. The molecule has 1 aromatic carbocycles. The number of nitrogens with one attached hydrogen (secondary N) is 1. The van der Waals surface area contributed by atoms with Crippen LogP contribution < -0.4 is 5.32 Å². The number of likely N-dealkylation sites (tertiary alicyclic amines) is 1. The van der Waals surface area contributed by atoms with Crippen molar-refractivity contribution in [1.82, 2.24) is 10.2 Å². The van der Waals surface area contributed by atoms with Crippen LogP contribution in [0.25, 0.3) is 0 Å². The van der Waals surface area contributed by atoms with Gasteiger partial charge in [0.05, 0.1) is 0 Å². The molecule has 0 aromatic heterocycles. The minimum absolute atomic E-state index is 0.0666. The van der Waals surface area contributed by atoms with E-state index in [0.29, 0.717) is 12.5 Å². The third kappa shape index (κ3) is 5.07. The van der Waals surface area contributed by atoms with E-state index in [-0.39, 0.29) is 17.7 Å². The molecule has 1 saturated carbocycles. The van der Waals surface area contributed by atoms with Gasteiger partial charge in [0.15, 0.2) is 0 Å². The fraction of sp³-hybridized carbons (Fsp3) is 0.619. The molecule has 0 atom stereocenters. The number of carbonyl (C=O) groups excluding carboxylic acids is 2. The van der Waals surface area contributed by atoms with Crippen LogP contribution in [0.4, 0.5) is 0 Å². The number of rotatable bonds is 4. The maximum atomic E-state index is 12.7. The average molecular weight is 342 g/mol. The Morgan fingerprint density at radius 1 is 0.880 bits per heavy atom. The molecule has 1 saturated heterocycles. The van der Waals surface area contributed by atoms with Gasteiger partial charge in [-0.3, -0.25) is 9.59 Å². The lowest BCUT2D eigenvalue weighted by molar-refractivity contribution is -0.138. The monoisotopic (exact) mass is 342 g/mol. The molecule has 1 heterocycles. The van der Waals surface area contributed by atoms with Crippen molar-refractivity contribution in [2.45, 2.75) is 57.9 Å². The lowest BCUT2D eigenvalue weighted by Gasteiger charge is -2.31. The Morgan fingerprint density at radius 3 is 2.12 bits per heavy atom. The Labute approximate surface area is 151 Å². The van der Waals surface area contributed by atoms with E-state index in [0.717, 1.165) is 57.2 Å². The third-order valence-corrected chi connectivity index (χ3v) is 5.67. The molecule has 1 aliphatic heterocycles. The van der Waals surface area contributed by atoms with Crippen molar-refractivity contribution in [2.24, 2.45) is 11.8 Å². The summed E-state index contributed by atoms with van der Waals surface area (Å²) >= 11 is 0. The number of benzene rings is 1. The molecule has 136 valence electrons. The Hall–Kier alpha value is -1.84. The Morgan fingerprint density at radius 2 is 1.48 bits per heavy atom. The quantitative estimate of drug-likeness (QED) is 0.910. The first-order valence-electron chi connectivity index (χ1n) is 9.84. The van der Waals surface area contributed by atoms with E-state index in [2.05, 4.69) is 10.2 Å². The van der Waals surface area contributed by atoms with Crippen LogP contribution in [0.1, 0.15) is 56.9 Å². The molecule has 4 heteroatoms. The van der Waals surface area contributed by atoms with E-state index < -0.39 is 0 Å². The first kappa shape index (κ1) is 18.0. The minimum Gasteiger partial charge on any atom is -0.352 e. The van der Waals surface area contributed by atoms with Crippen LogP contribution in [-0.4, -0.2) is 29.8 Å². The summed E-state index contributed by atoms with van der Waals surface area (Å²) in [6.45, 7) is 2.44. The van der Waals surface area contributed by atoms with E-state index in [1.807, 2.05) is 30.3 Å². The van der Waals surface area contributed by atoms with Crippen molar-refractivity contribution >= 4 is 11.8 Å². The predicted molar refractivity (Wildman–Crippen MR) is 98.8 cm³/mol. The average Bonchev–Trinajstić information content (AvgIpc) is 2.96. The fourth-order valence-electron chi connectivity index (χ4n) is 4.08. The number of hydrogen-bond donors (Lipinski definition) is 1. The largest absolute Gasteiger partial charge is 0.352 e. The summed E-state index contributed by atoms with van der Waals surface area (Å²) in [5.74, 6) is 0.683. The molecule has 2 fully saturated rings.